The minimum absolute atomic E-state index is 0.287. The van der Waals surface area contributed by atoms with E-state index in [9.17, 15) is 4.79 Å². The van der Waals surface area contributed by atoms with Gasteiger partial charge in [0.25, 0.3) is 5.91 Å². The molecule has 1 amide bonds. The Hall–Kier alpha value is -1.30. The highest BCUT2D eigenvalue weighted by atomic mass is 32.2. The van der Waals surface area contributed by atoms with E-state index in [1.807, 2.05) is 6.26 Å². The fraction of sp³-hybridized carbons (Fsp3) is 0.375. The minimum atomic E-state index is -1.92. The van der Waals surface area contributed by atoms with E-state index in [0.29, 0.717) is 11.0 Å². The molecule has 0 bridgehead atoms. The molecule has 1 aromatic heterocycles. The van der Waals surface area contributed by atoms with Gasteiger partial charge in [-0.1, -0.05) is 11.8 Å². The number of rotatable bonds is 1. The third kappa shape index (κ3) is 1.41. The molecule has 1 aromatic rings. The number of anilines is 1. The molecule has 0 aromatic carbocycles. The summed E-state index contributed by atoms with van der Waals surface area (Å²) in [5.74, 6) is -0.182. The Kier molecular flexibility index (Phi) is 1.74. The second-order valence-corrected chi connectivity index (χ2v) is 3.49. The fourth-order valence-electron chi connectivity index (χ4n) is 1.13. The van der Waals surface area contributed by atoms with Gasteiger partial charge in [-0.15, -0.1) is 0 Å². The van der Waals surface area contributed by atoms with Crippen molar-refractivity contribution in [1.82, 2.24) is 15.3 Å². The number of nitrogens with one attached hydrogen (secondary N) is 1. The van der Waals surface area contributed by atoms with Crippen LogP contribution in [0.25, 0.3) is 0 Å². The first-order valence-corrected chi connectivity index (χ1v) is 5.15. The summed E-state index contributed by atoms with van der Waals surface area (Å²) >= 11 is 1.34. The molecule has 2 rings (SSSR count). The standard InChI is InChI=1S/C8H10N4OS/c1-12-4-10-7(13)5-3-9-8(14-2)11-6(5)12/h3H,4H2,1-2H3,(H,10,13)/i4D2. The molecule has 0 saturated carbocycles. The van der Waals surface area contributed by atoms with Gasteiger partial charge < -0.3 is 10.2 Å². The van der Waals surface area contributed by atoms with Gasteiger partial charge in [0, 0.05) is 13.2 Å². The van der Waals surface area contributed by atoms with Crippen molar-refractivity contribution in [3.05, 3.63) is 11.8 Å². The SMILES string of the molecule is [2H]C1([2H])NC(=O)c2cnc(SC)nc2N1C. The zero-order chi connectivity index (χ0) is 11.9. The fourth-order valence-corrected chi connectivity index (χ4v) is 1.46. The van der Waals surface area contributed by atoms with Crippen LogP contribution < -0.4 is 10.2 Å². The van der Waals surface area contributed by atoms with E-state index in [1.54, 1.807) is 0 Å². The molecule has 1 N–H and O–H groups in total. The van der Waals surface area contributed by atoms with Crippen LogP contribution in [-0.2, 0) is 0 Å². The molecule has 0 spiro atoms. The van der Waals surface area contributed by atoms with E-state index < -0.39 is 12.5 Å². The first-order chi connectivity index (χ1) is 7.45. The number of carbonyl (C=O) groups is 1. The van der Waals surface area contributed by atoms with Crippen molar-refractivity contribution in [3.8, 4) is 0 Å². The highest BCUT2D eigenvalue weighted by molar-refractivity contribution is 7.98. The Morgan fingerprint density at radius 3 is 3.29 bits per heavy atom. The third-order valence-corrected chi connectivity index (χ3v) is 2.39. The summed E-state index contributed by atoms with van der Waals surface area (Å²) in [5.41, 5.74) is 0.287. The third-order valence-electron chi connectivity index (χ3n) is 1.83. The molecule has 0 saturated heterocycles. The second-order valence-electron chi connectivity index (χ2n) is 2.72. The van der Waals surface area contributed by atoms with E-state index in [0.717, 1.165) is 0 Å². The van der Waals surface area contributed by atoms with E-state index in [1.165, 1.54) is 29.9 Å². The van der Waals surface area contributed by atoms with Crippen LogP contribution in [0.1, 0.15) is 13.1 Å². The van der Waals surface area contributed by atoms with Crippen molar-refractivity contribution in [3.63, 3.8) is 0 Å². The molecule has 6 heteroatoms. The predicted octanol–water partition coefficient (Wildman–Crippen LogP) is 0.336. The normalized spacial score (nSPS) is 20.7. The first kappa shape index (κ1) is 7.05. The van der Waals surface area contributed by atoms with Gasteiger partial charge in [0.15, 0.2) is 5.16 Å². The zero-order valence-electron chi connectivity index (χ0n) is 9.74. The van der Waals surface area contributed by atoms with E-state index >= 15 is 0 Å². The maximum absolute atomic E-state index is 11.6. The molecule has 1 aliphatic rings. The van der Waals surface area contributed by atoms with E-state index in [-0.39, 0.29) is 5.56 Å². The average molecular weight is 212 g/mol. The molecule has 14 heavy (non-hydrogen) atoms. The molecule has 5 nitrogen and oxygen atoms in total. The maximum Gasteiger partial charge on any atom is 0.258 e. The summed E-state index contributed by atoms with van der Waals surface area (Å²) in [6.07, 6.45) is 3.23. The van der Waals surface area contributed by atoms with Crippen molar-refractivity contribution in [2.24, 2.45) is 0 Å². The van der Waals surface area contributed by atoms with Crippen LogP contribution in [0.15, 0.2) is 11.4 Å². The molecular formula is C8H10N4OS. The highest BCUT2D eigenvalue weighted by Crippen LogP contribution is 2.21. The Labute approximate surface area is 88.7 Å². The smallest absolute Gasteiger partial charge is 0.258 e. The van der Waals surface area contributed by atoms with Gasteiger partial charge in [-0.2, -0.15) is 0 Å². The lowest BCUT2D eigenvalue weighted by molar-refractivity contribution is 0.0947. The van der Waals surface area contributed by atoms with Crippen LogP contribution in [0.3, 0.4) is 0 Å². The highest BCUT2D eigenvalue weighted by Gasteiger charge is 2.22. The summed E-state index contributed by atoms with van der Waals surface area (Å²) < 4.78 is 15.2. The van der Waals surface area contributed by atoms with Crippen LogP contribution in [0, 0.1) is 0 Å². The summed E-state index contributed by atoms with van der Waals surface area (Å²) in [6, 6.07) is 0. The number of nitrogens with zero attached hydrogens (tertiary/aromatic N) is 3. The largest absolute Gasteiger partial charge is 0.341 e. The summed E-state index contributed by atoms with van der Waals surface area (Å²) in [7, 11) is 1.54. The summed E-state index contributed by atoms with van der Waals surface area (Å²) in [6.45, 7) is -1.92. The average Bonchev–Trinajstić information content (AvgIpc) is 2.25. The van der Waals surface area contributed by atoms with Gasteiger partial charge in [-0.25, -0.2) is 9.97 Å². The van der Waals surface area contributed by atoms with Crippen molar-refractivity contribution in [1.29, 1.82) is 0 Å². The van der Waals surface area contributed by atoms with E-state index in [2.05, 4.69) is 15.3 Å². The monoisotopic (exact) mass is 212 g/mol. The molecule has 0 unspecified atom stereocenters. The number of aromatic nitrogens is 2. The number of carbonyl (C=O) groups excluding carboxylic acids is 1. The quantitative estimate of drug-likeness (QED) is 0.537. The van der Waals surface area contributed by atoms with Gasteiger partial charge in [-0.05, 0) is 6.26 Å². The first-order valence-electron chi connectivity index (χ1n) is 4.93. The molecule has 74 valence electrons. The number of hydrogen-bond acceptors (Lipinski definition) is 5. The second kappa shape index (κ2) is 3.45. The summed E-state index contributed by atoms with van der Waals surface area (Å²) in [4.78, 5) is 21.0. The number of thioether (sulfide) groups is 1. The molecule has 0 radical (unpaired) electrons. The van der Waals surface area contributed by atoms with Gasteiger partial charge >= 0.3 is 0 Å². The Morgan fingerprint density at radius 1 is 1.79 bits per heavy atom. The van der Waals surface area contributed by atoms with E-state index in [4.69, 9.17) is 2.74 Å². The predicted molar refractivity (Wildman–Crippen MR) is 54.5 cm³/mol. The van der Waals surface area contributed by atoms with Gasteiger partial charge in [0.2, 0.25) is 0 Å². The molecule has 1 aliphatic heterocycles. The van der Waals surface area contributed by atoms with Crippen LogP contribution in [0.4, 0.5) is 5.82 Å². The molecule has 0 atom stereocenters. The zero-order valence-corrected chi connectivity index (χ0v) is 8.55. The van der Waals surface area contributed by atoms with Crippen LogP contribution in [0.5, 0.6) is 0 Å². The van der Waals surface area contributed by atoms with Crippen molar-refractivity contribution in [2.75, 3.05) is 24.8 Å². The Bertz CT molecular complexity index is 454. The van der Waals surface area contributed by atoms with Crippen molar-refractivity contribution >= 4 is 23.5 Å². The van der Waals surface area contributed by atoms with Gasteiger partial charge in [-0.3, -0.25) is 4.79 Å². The summed E-state index contributed by atoms with van der Waals surface area (Å²) in [5, 5.41) is 2.74. The van der Waals surface area contributed by atoms with Crippen LogP contribution >= 0.6 is 11.8 Å². The topological polar surface area (TPSA) is 58.1 Å². The van der Waals surface area contributed by atoms with Crippen LogP contribution in [-0.4, -0.2) is 35.8 Å². The molecule has 0 aliphatic carbocycles. The Morgan fingerprint density at radius 2 is 2.57 bits per heavy atom. The molecular weight excluding hydrogens is 200 g/mol. The number of hydrogen-bond donors (Lipinski definition) is 1. The number of fused-ring (bicyclic) bond motifs is 1. The number of amides is 1. The van der Waals surface area contributed by atoms with Crippen molar-refractivity contribution < 1.29 is 7.54 Å². The van der Waals surface area contributed by atoms with Gasteiger partial charge in [0.05, 0.1) is 9.36 Å². The lowest BCUT2D eigenvalue weighted by Crippen LogP contribution is -2.42. The van der Waals surface area contributed by atoms with Crippen molar-refractivity contribution in [2.45, 2.75) is 5.16 Å². The van der Waals surface area contributed by atoms with Gasteiger partial charge in [0.1, 0.15) is 11.4 Å². The lowest BCUT2D eigenvalue weighted by atomic mass is 10.2. The van der Waals surface area contributed by atoms with Crippen LogP contribution in [0.2, 0.25) is 0 Å². The lowest BCUT2D eigenvalue weighted by Gasteiger charge is -2.25. The maximum atomic E-state index is 11.6. The minimum Gasteiger partial charge on any atom is -0.341 e. The molecule has 2 heterocycles. The molecule has 0 fully saturated rings. The Balaban J connectivity index is 2.56.